The molecule has 0 unspecified atom stereocenters. The SMILES string of the molecule is Cn1cncc1C(=O)Nc1c(N)cccc1F. The molecule has 0 aliphatic rings. The van der Waals surface area contributed by atoms with E-state index in [9.17, 15) is 9.18 Å². The Labute approximate surface area is 97.1 Å². The number of hydrogen-bond donors (Lipinski definition) is 2. The molecule has 2 rings (SSSR count). The molecule has 0 aliphatic heterocycles. The molecule has 1 aromatic heterocycles. The monoisotopic (exact) mass is 234 g/mol. The summed E-state index contributed by atoms with van der Waals surface area (Å²) in [6, 6.07) is 4.22. The molecular formula is C11H11FN4O. The number of rotatable bonds is 2. The summed E-state index contributed by atoms with van der Waals surface area (Å²) >= 11 is 0. The minimum absolute atomic E-state index is 0.0151. The van der Waals surface area contributed by atoms with Crippen LogP contribution in [0.15, 0.2) is 30.7 Å². The number of carbonyl (C=O) groups is 1. The zero-order valence-electron chi connectivity index (χ0n) is 9.14. The van der Waals surface area contributed by atoms with Crippen molar-refractivity contribution in [1.29, 1.82) is 0 Å². The van der Waals surface area contributed by atoms with Crippen LogP contribution in [0.1, 0.15) is 10.5 Å². The van der Waals surface area contributed by atoms with Gasteiger partial charge in [-0.15, -0.1) is 0 Å². The number of benzene rings is 1. The Hall–Kier alpha value is -2.37. The maximum atomic E-state index is 13.4. The van der Waals surface area contributed by atoms with Gasteiger partial charge in [0.1, 0.15) is 17.2 Å². The topological polar surface area (TPSA) is 72.9 Å². The summed E-state index contributed by atoms with van der Waals surface area (Å²) in [4.78, 5) is 15.6. The smallest absolute Gasteiger partial charge is 0.274 e. The van der Waals surface area contributed by atoms with Crippen LogP contribution in [0.3, 0.4) is 0 Å². The standard InChI is InChI=1S/C11H11FN4O/c1-16-6-14-5-9(16)11(17)15-10-7(12)3-2-4-8(10)13/h2-6H,13H2,1H3,(H,15,17). The molecule has 1 amide bonds. The largest absolute Gasteiger partial charge is 0.397 e. The van der Waals surface area contributed by atoms with Crippen LogP contribution >= 0.6 is 0 Å². The van der Waals surface area contributed by atoms with Crippen molar-refractivity contribution in [2.45, 2.75) is 0 Å². The summed E-state index contributed by atoms with van der Waals surface area (Å²) in [7, 11) is 1.67. The lowest BCUT2D eigenvalue weighted by molar-refractivity contribution is 0.101. The molecule has 2 aromatic rings. The van der Waals surface area contributed by atoms with Crippen molar-refractivity contribution in [3.8, 4) is 0 Å². The van der Waals surface area contributed by atoms with Crippen molar-refractivity contribution < 1.29 is 9.18 Å². The molecule has 0 spiro atoms. The number of anilines is 2. The first-order valence-electron chi connectivity index (χ1n) is 4.91. The Bertz CT molecular complexity index is 544. The summed E-state index contributed by atoms with van der Waals surface area (Å²) in [5, 5.41) is 2.42. The molecule has 3 N–H and O–H groups in total. The van der Waals surface area contributed by atoms with Gasteiger partial charge in [0.2, 0.25) is 0 Å². The van der Waals surface area contributed by atoms with E-state index in [0.717, 1.165) is 0 Å². The third-order valence-electron chi connectivity index (χ3n) is 2.33. The van der Waals surface area contributed by atoms with Crippen molar-refractivity contribution >= 4 is 17.3 Å². The van der Waals surface area contributed by atoms with E-state index < -0.39 is 11.7 Å². The van der Waals surface area contributed by atoms with Gasteiger partial charge in [0.25, 0.3) is 5.91 Å². The van der Waals surface area contributed by atoms with Gasteiger partial charge in [-0.1, -0.05) is 6.07 Å². The summed E-state index contributed by atoms with van der Waals surface area (Å²) in [6.45, 7) is 0. The number of carbonyl (C=O) groups excluding carboxylic acids is 1. The highest BCUT2D eigenvalue weighted by atomic mass is 19.1. The molecule has 0 saturated heterocycles. The Balaban J connectivity index is 2.28. The van der Waals surface area contributed by atoms with Crippen molar-refractivity contribution in [3.05, 3.63) is 42.2 Å². The fourth-order valence-electron chi connectivity index (χ4n) is 1.43. The lowest BCUT2D eigenvalue weighted by atomic mass is 10.2. The fourth-order valence-corrected chi connectivity index (χ4v) is 1.43. The normalized spacial score (nSPS) is 10.2. The minimum atomic E-state index is -0.569. The molecule has 5 nitrogen and oxygen atoms in total. The minimum Gasteiger partial charge on any atom is -0.397 e. The van der Waals surface area contributed by atoms with Crippen LogP contribution in [0, 0.1) is 5.82 Å². The van der Waals surface area contributed by atoms with E-state index >= 15 is 0 Å². The van der Waals surface area contributed by atoms with Gasteiger partial charge in [0.05, 0.1) is 18.2 Å². The second kappa shape index (κ2) is 4.25. The first-order chi connectivity index (χ1) is 8.09. The number of hydrogen-bond acceptors (Lipinski definition) is 3. The van der Waals surface area contributed by atoms with E-state index in [1.807, 2.05) is 0 Å². The Morgan fingerprint density at radius 3 is 2.88 bits per heavy atom. The first kappa shape index (κ1) is 11.1. The van der Waals surface area contributed by atoms with Crippen LogP contribution in [-0.4, -0.2) is 15.5 Å². The number of nitrogen functional groups attached to an aromatic ring is 1. The van der Waals surface area contributed by atoms with Crippen LogP contribution in [0.4, 0.5) is 15.8 Å². The lowest BCUT2D eigenvalue weighted by Crippen LogP contribution is -2.17. The number of imidazole rings is 1. The second-order valence-corrected chi connectivity index (χ2v) is 3.55. The summed E-state index contributed by atoms with van der Waals surface area (Å²) < 4.78 is 15.0. The van der Waals surface area contributed by atoms with Gasteiger partial charge in [0.15, 0.2) is 0 Å². The molecular weight excluding hydrogens is 223 g/mol. The number of nitrogens with zero attached hydrogens (tertiary/aromatic N) is 2. The molecule has 17 heavy (non-hydrogen) atoms. The van der Waals surface area contributed by atoms with E-state index in [1.54, 1.807) is 7.05 Å². The van der Waals surface area contributed by atoms with E-state index in [4.69, 9.17) is 5.73 Å². The predicted molar refractivity (Wildman–Crippen MR) is 62.0 cm³/mol. The van der Waals surface area contributed by atoms with Crippen molar-refractivity contribution in [3.63, 3.8) is 0 Å². The molecule has 0 atom stereocenters. The van der Waals surface area contributed by atoms with Gasteiger partial charge < -0.3 is 15.6 Å². The molecule has 0 bridgehead atoms. The highest BCUT2D eigenvalue weighted by Gasteiger charge is 2.14. The van der Waals surface area contributed by atoms with Gasteiger partial charge in [-0.05, 0) is 12.1 Å². The molecule has 88 valence electrons. The number of nitrogens with one attached hydrogen (secondary N) is 1. The zero-order valence-corrected chi connectivity index (χ0v) is 9.14. The van der Waals surface area contributed by atoms with Crippen molar-refractivity contribution in [1.82, 2.24) is 9.55 Å². The Kier molecular flexibility index (Phi) is 2.78. The maximum absolute atomic E-state index is 13.4. The molecule has 1 heterocycles. The average molecular weight is 234 g/mol. The first-order valence-corrected chi connectivity index (χ1v) is 4.91. The molecule has 0 saturated carbocycles. The number of amides is 1. The average Bonchev–Trinajstić information content (AvgIpc) is 2.70. The van der Waals surface area contributed by atoms with Gasteiger partial charge in [-0.3, -0.25) is 4.79 Å². The van der Waals surface area contributed by atoms with E-state index in [1.165, 1.54) is 35.3 Å². The van der Waals surface area contributed by atoms with Gasteiger partial charge in [-0.2, -0.15) is 0 Å². The second-order valence-electron chi connectivity index (χ2n) is 3.55. The van der Waals surface area contributed by atoms with E-state index in [0.29, 0.717) is 5.69 Å². The van der Waals surface area contributed by atoms with Crippen LogP contribution in [0.2, 0.25) is 0 Å². The summed E-state index contributed by atoms with van der Waals surface area (Å²) in [5.41, 5.74) is 6.08. The van der Waals surface area contributed by atoms with Crippen molar-refractivity contribution in [2.24, 2.45) is 7.05 Å². The molecule has 0 fully saturated rings. The Morgan fingerprint density at radius 2 is 2.29 bits per heavy atom. The quantitative estimate of drug-likeness (QED) is 0.771. The van der Waals surface area contributed by atoms with E-state index in [-0.39, 0.29) is 11.4 Å². The number of aryl methyl sites for hydroxylation is 1. The molecule has 1 aromatic carbocycles. The highest BCUT2D eigenvalue weighted by Crippen LogP contribution is 2.22. The molecule has 6 heteroatoms. The number of halogens is 1. The number of nitrogens with two attached hydrogens (primary N) is 1. The molecule has 0 radical (unpaired) electrons. The fraction of sp³-hybridized carbons (Fsp3) is 0.0909. The number of aromatic nitrogens is 2. The molecule has 0 aliphatic carbocycles. The highest BCUT2D eigenvalue weighted by molar-refractivity contribution is 6.04. The van der Waals surface area contributed by atoms with Crippen LogP contribution in [0.5, 0.6) is 0 Å². The van der Waals surface area contributed by atoms with E-state index in [2.05, 4.69) is 10.3 Å². The van der Waals surface area contributed by atoms with Gasteiger partial charge in [0, 0.05) is 7.05 Å². The van der Waals surface area contributed by atoms with Crippen LogP contribution < -0.4 is 11.1 Å². The maximum Gasteiger partial charge on any atom is 0.274 e. The summed E-state index contributed by atoms with van der Waals surface area (Å²) in [6.07, 6.45) is 2.88. The predicted octanol–water partition coefficient (Wildman–Crippen LogP) is 1.39. The zero-order chi connectivity index (χ0) is 12.4. The summed E-state index contributed by atoms with van der Waals surface area (Å²) in [5.74, 6) is -1.03. The Morgan fingerprint density at radius 1 is 1.53 bits per heavy atom. The van der Waals surface area contributed by atoms with Crippen molar-refractivity contribution in [2.75, 3.05) is 11.1 Å². The van der Waals surface area contributed by atoms with Crippen LogP contribution in [-0.2, 0) is 7.05 Å². The lowest BCUT2D eigenvalue weighted by Gasteiger charge is -2.08. The van der Waals surface area contributed by atoms with Crippen LogP contribution in [0.25, 0.3) is 0 Å². The van der Waals surface area contributed by atoms with Gasteiger partial charge in [-0.25, -0.2) is 9.37 Å². The third kappa shape index (κ3) is 2.10. The van der Waals surface area contributed by atoms with Gasteiger partial charge >= 0.3 is 0 Å². The number of para-hydroxylation sites is 1. The third-order valence-corrected chi connectivity index (χ3v) is 2.33.